The van der Waals surface area contributed by atoms with Crippen molar-refractivity contribution < 1.29 is 29.1 Å². The average molecular weight is 472 g/mol. The van der Waals surface area contributed by atoms with Crippen LogP contribution in [0.4, 0.5) is 0 Å². The standard InChI is InChI=1S/C18H29N7O6S/c1-8(2)14(25-15(27)10(19)4-13(20)26)17(29)24-12(6-32)16(28)23-11(18(30)31)3-9-5-21-7-22-9/h5,7-8,10-12,14,32H,3-4,6,19H2,1-2H3,(H2,20,26)(H,21,22)(H,23,28)(H,24,29)(H,25,27)(H,30,31). The summed E-state index contributed by atoms with van der Waals surface area (Å²) in [6, 6.07) is -4.75. The number of carbonyl (C=O) groups excluding carboxylic acids is 4. The summed E-state index contributed by atoms with van der Waals surface area (Å²) in [5, 5.41) is 16.6. The van der Waals surface area contributed by atoms with Crippen molar-refractivity contribution in [1.29, 1.82) is 0 Å². The van der Waals surface area contributed by atoms with Gasteiger partial charge >= 0.3 is 5.97 Å². The maximum absolute atomic E-state index is 12.7. The Morgan fingerprint density at radius 2 is 1.72 bits per heavy atom. The lowest BCUT2D eigenvalue weighted by Gasteiger charge is -2.26. The van der Waals surface area contributed by atoms with Gasteiger partial charge < -0.3 is 37.5 Å². The zero-order valence-corrected chi connectivity index (χ0v) is 18.6. The van der Waals surface area contributed by atoms with Crippen molar-refractivity contribution in [3.8, 4) is 0 Å². The van der Waals surface area contributed by atoms with Gasteiger partial charge in [0.2, 0.25) is 23.6 Å². The number of nitrogens with zero attached hydrogens (tertiary/aromatic N) is 1. The number of aromatic amines is 1. The van der Waals surface area contributed by atoms with E-state index < -0.39 is 66.1 Å². The number of nitrogens with one attached hydrogen (secondary N) is 4. The number of H-pyrrole nitrogens is 1. The van der Waals surface area contributed by atoms with E-state index >= 15 is 0 Å². The molecule has 4 amide bonds. The second-order valence-corrected chi connectivity index (χ2v) is 7.80. The molecular weight excluding hydrogens is 442 g/mol. The number of nitrogens with two attached hydrogens (primary N) is 2. The SMILES string of the molecule is CC(C)C(NC(=O)C(N)CC(N)=O)C(=O)NC(CS)C(=O)NC(Cc1cnc[nH]1)C(=O)O. The lowest BCUT2D eigenvalue weighted by molar-refractivity contribution is -0.142. The third kappa shape index (κ3) is 8.55. The first-order valence-corrected chi connectivity index (χ1v) is 10.3. The number of thiol groups is 1. The monoisotopic (exact) mass is 471 g/mol. The molecule has 1 aromatic heterocycles. The van der Waals surface area contributed by atoms with Gasteiger partial charge in [0, 0.05) is 24.1 Å². The average Bonchev–Trinajstić information content (AvgIpc) is 3.21. The van der Waals surface area contributed by atoms with Crippen molar-refractivity contribution in [2.24, 2.45) is 17.4 Å². The van der Waals surface area contributed by atoms with Crippen molar-refractivity contribution in [2.75, 3.05) is 5.75 Å². The highest BCUT2D eigenvalue weighted by atomic mass is 32.1. The number of carboxylic acids is 1. The predicted octanol–water partition coefficient (Wildman–Crippen LogP) is -2.72. The highest BCUT2D eigenvalue weighted by Gasteiger charge is 2.31. The second-order valence-electron chi connectivity index (χ2n) is 7.43. The Morgan fingerprint density at radius 3 is 2.19 bits per heavy atom. The van der Waals surface area contributed by atoms with Gasteiger partial charge in [-0.15, -0.1) is 0 Å². The van der Waals surface area contributed by atoms with Crippen LogP contribution in [0.15, 0.2) is 12.5 Å². The van der Waals surface area contributed by atoms with E-state index in [4.69, 9.17) is 11.5 Å². The fourth-order valence-electron chi connectivity index (χ4n) is 2.65. The summed E-state index contributed by atoms with van der Waals surface area (Å²) in [6.45, 7) is 3.32. The van der Waals surface area contributed by atoms with E-state index in [0.717, 1.165) is 0 Å². The Hall–Kier alpha value is -3.13. The van der Waals surface area contributed by atoms with Crippen molar-refractivity contribution in [1.82, 2.24) is 25.9 Å². The summed E-state index contributed by atoms with van der Waals surface area (Å²) in [7, 11) is 0. The molecule has 0 aliphatic heterocycles. The molecule has 0 fully saturated rings. The highest BCUT2D eigenvalue weighted by molar-refractivity contribution is 7.80. The summed E-state index contributed by atoms with van der Waals surface area (Å²) < 4.78 is 0. The first kappa shape index (κ1) is 26.9. The predicted molar refractivity (Wildman–Crippen MR) is 116 cm³/mol. The van der Waals surface area contributed by atoms with E-state index in [1.54, 1.807) is 13.8 Å². The van der Waals surface area contributed by atoms with E-state index in [1.165, 1.54) is 12.5 Å². The van der Waals surface area contributed by atoms with Gasteiger partial charge in [-0.2, -0.15) is 12.6 Å². The van der Waals surface area contributed by atoms with Gasteiger partial charge in [0.25, 0.3) is 0 Å². The van der Waals surface area contributed by atoms with Crippen LogP contribution in [0.25, 0.3) is 0 Å². The summed E-state index contributed by atoms with van der Waals surface area (Å²) in [4.78, 5) is 66.4. The van der Waals surface area contributed by atoms with Crippen LogP contribution in [0.5, 0.6) is 0 Å². The molecule has 0 saturated carbocycles. The smallest absolute Gasteiger partial charge is 0.326 e. The molecule has 178 valence electrons. The van der Waals surface area contributed by atoms with Crippen LogP contribution in [0.3, 0.4) is 0 Å². The zero-order valence-electron chi connectivity index (χ0n) is 17.7. The molecule has 0 aliphatic carbocycles. The van der Waals surface area contributed by atoms with Crippen molar-refractivity contribution in [3.63, 3.8) is 0 Å². The summed E-state index contributed by atoms with van der Waals surface area (Å²) in [5.41, 5.74) is 11.1. The van der Waals surface area contributed by atoms with E-state index in [1.807, 2.05) is 0 Å². The molecule has 0 saturated heterocycles. The third-order valence-corrected chi connectivity index (χ3v) is 4.78. The summed E-state index contributed by atoms with van der Waals surface area (Å²) in [6.07, 6.45) is 2.37. The molecule has 4 unspecified atom stereocenters. The number of aromatic nitrogens is 2. The molecule has 13 nitrogen and oxygen atoms in total. The normalized spacial score (nSPS) is 14.7. The minimum absolute atomic E-state index is 0.0449. The molecule has 0 aromatic carbocycles. The molecule has 1 heterocycles. The van der Waals surface area contributed by atoms with Crippen LogP contribution < -0.4 is 27.4 Å². The number of rotatable bonds is 13. The highest BCUT2D eigenvalue weighted by Crippen LogP contribution is 2.05. The Labute approximate surface area is 189 Å². The van der Waals surface area contributed by atoms with E-state index in [-0.39, 0.29) is 12.2 Å². The van der Waals surface area contributed by atoms with Crippen LogP contribution in [0.1, 0.15) is 26.0 Å². The third-order valence-electron chi connectivity index (χ3n) is 4.41. The fourth-order valence-corrected chi connectivity index (χ4v) is 2.91. The maximum Gasteiger partial charge on any atom is 0.326 e. The van der Waals surface area contributed by atoms with Gasteiger partial charge in [-0.3, -0.25) is 19.2 Å². The van der Waals surface area contributed by atoms with Crippen LogP contribution in [-0.4, -0.2) is 74.6 Å². The zero-order chi connectivity index (χ0) is 24.4. The van der Waals surface area contributed by atoms with E-state index in [2.05, 4.69) is 38.5 Å². The second kappa shape index (κ2) is 12.7. The number of carboxylic acid groups (broad SMARTS) is 1. The number of hydrogen-bond acceptors (Lipinski definition) is 8. The first-order chi connectivity index (χ1) is 15.0. The Bertz CT molecular complexity index is 817. The number of hydrogen-bond donors (Lipinski definition) is 8. The van der Waals surface area contributed by atoms with Crippen LogP contribution in [0, 0.1) is 5.92 Å². The lowest BCUT2D eigenvalue weighted by atomic mass is 10.0. The topological polar surface area (TPSA) is 222 Å². The van der Waals surface area contributed by atoms with Crippen molar-refractivity contribution in [3.05, 3.63) is 18.2 Å². The molecule has 0 aliphatic rings. The quantitative estimate of drug-likeness (QED) is 0.141. The molecule has 0 spiro atoms. The Kier molecular flexibility index (Phi) is 10.6. The van der Waals surface area contributed by atoms with Gasteiger partial charge in [0.05, 0.1) is 18.8 Å². The number of amides is 4. The first-order valence-electron chi connectivity index (χ1n) is 9.72. The number of primary amides is 1. The van der Waals surface area contributed by atoms with Gasteiger partial charge in [0.15, 0.2) is 0 Å². The Morgan fingerprint density at radius 1 is 1.09 bits per heavy atom. The molecule has 14 heteroatoms. The number of aliphatic carboxylic acids is 1. The largest absolute Gasteiger partial charge is 0.480 e. The fraction of sp³-hybridized carbons (Fsp3) is 0.556. The van der Waals surface area contributed by atoms with Crippen LogP contribution >= 0.6 is 12.6 Å². The van der Waals surface area contributed by atoms with Gasteiger partial charge in [-0.05, 0) is 5.92 Å². The van der Waals surface area contributed by atoms with Crippen molar-refractivity contribution >= 4 is 42.2 Å². The van der Waals surface area contributed by atoms with Gasteiger partial charge in [0.1, 0.15) is 18.1 Å². The Balaban J connectivity index is 2.81. The molecule has 9 N–H and O–H groups in total. The molecule has 1 rings (SSSR count). The maximum atomic E-state index is 12.7. The molecule has 1 aromatic rings. The summed E-state index contributed by atoms with van der Waals surface area (Å²) in [5.74, 6) is -4.78. The molecule has 32 heavy (non-hydrogen) atoms. The van der Waals surface area contributed by atoms with Gasteiger partial charge in [-0.1, -0.05) is 13.8 Å². The molecule has 0 radical (unpaired) electrons. The molecule has 0 bridgehead atoms. The minimum atomic E-state index is -1.27. The summed E-state index contributed by atoms with van der Waals surface area (Å²) >= 11 is 4.06. The van der Waals surface area contributed by atoms with Crippen molar-refractivity contribution in [2.45, 2.75) is 50.9 Å². The molecule has 4 atom stereocenters. The lowest BCUT2D eigenvalue weighted by Crippen LogP contribution is -2.59. The number of imidazole rings is 1. The van der Waals surface area contributed by atoms with E-state index in [9.17, 15) is 29.1 Å². The van der Waals surface area contributed by atoms with E-state index in [0.29, 0.717) is 5.69 Å². The minimum Gasteiger partial charge on any atom is -0.480 e. The molecular formula is C18H29N7O6S. The number of carbonyl (C=O) groups is 5. The van der Waals surface area contributed by atoms with Crippen LogP contribution in [0.2, 0.25) is 0 Å². The van der Waals surface area contributed by atoms with Crippen LogP contribution in [-0.2, 0) is 30.4 Å². The van der Waals surface area contributed by atoms with Gasteiger partial charge in [-0.25, -0.2) is 9.78 Å².